The highest BCUT2D eigenvalue weighted by atomic mass is 16.2. The van der Waals surface area contributed by atoms with E-state index in [1.165, 1.54) is 6.42 Å². The van der Waals surface area contributed by atoms with Gasteiger partial charge in [0, 0.05) is 24.6 Å². The first-order chi connectivity index (χ1) is 15.0. The van der Waals surface area contributed by atoms with Crippen LogP contribution in [-0.2, 0) is 0 Å². The summed E-state index contributed by atoms with van der Waals surface area (Å²) < 4.78 is 1.93. The number of amides is 1. The van der Waals surface area contributed by atoms with Gasteiger partial charge in [-0.3, -0.25) is 9.59 Å². The molecule has 8 heteroatoms. The molecule has 1 unspecified atom stereocenters. The first kappa shape index (κ1) is 19.5. The van der Waals surface area contributed by atoms with Crippen LogP contribution in [0.15, 0.2) is 29.1 Å². The van der Waals surface area contributed by atoms with Crippen molar-refractivity contribution in [1.82, 2.24) is 24.6 Å². The highest BCUT2D eigenvalue weighted by molar-refractivity contribution is 5.94. The number of aromatic amines is 1. The third-order valence-corrected chi connectivity index (χ3v) is 6.53. The second kappa shape index (κ2) is 7.65. The van der Waals surface area contributed by atoms with Crippen molar-refractivity contribution in [2.24, 2.45) is 0 Å². The molecule has 0 radical (unpaired) electrons. The Balaban J connectivity index is 1.43. The molecule has 1 N–H and O–H groups in total. The molecule has 3 heterocycles. The standard InChI is InChI=1S/C23H24N6O2/c1-14-19-21(29(27-14)18-5-2-6-18)25-20(26-22(19)30)17-4-3-11-28(13-17)23(31)16-9-7-15(12-24)8-10-16/h7-10,17-18H,2-6,11,13H2,1H3,(H,25,26,30). The summed E-state index contributed by atoms with van der Waals surface area (Å²) in [7, 11) is 0. The second-order valence-electron chi connectivity index (χ2n) is 8.54. The number of hydrogen-bond acceptors (Lipinski definition) is 5. The quantitative estimate of drug-likeness (QED) is 0.706. The Hall–Kier alpha value is -3.47. The minimum atomic E-state index is -0.154. The van der Waals surface area contributed by atoms with Gasteiger partial charge >= 0.3 is 0 Å². The maximum atomic E-state index is 13.0. The van der Waals surface area contributed by atoms with E-state index in [1.807, 2.05) is 16.5 Å². The van der Waals surface area contributed by atoms with Crippen LogP contribution >= 0.6 is 0 Å². The van der Waals surface area contributed by atoms with E-state index in [0.717, 1.165) is 25.7 Å². The highest BCUT2D eigenvalue weighted by Gasteiger charge is 2.29. The number of aromatic nitrogens is 4. The fraction of sp³-hybridized carbons (Fsp3) is 0.435. The van der Waals surface area contributed by atoms with E-state index in [0.29, 0.717) is 52.8 Å². The van der Waals surface area contributed by atoms with Crippen molar-refractivity contribution in [3.8, 4) is 6.07 Å². The van der Waals surface area contributed by atoms with E-state index in [-0.39, 0.29) is 17.4 Å². The molecule has 0 spiro atoms. The molecule has 31 heavy (non-hydrogen) atoms. The molecule has 158 valence electrons. The number of hydrogen-bond donors (Lipinski definition) is 1. The molecule has 5 rings (SSSR count). The number of fused-ring (bicyclic) bond motifs is 1. The SMILES string of the molecule is Cc1nn(C2CCC2)c2nc(C3CCCN(C(=O)c4ccc(C#N)cc4)C3)[nH]c(=O)c12. The summed E-state index contributed by atoms with van der Waals surface area (Å²) in [6, 6.07) is 9.09. The Morgan fingerprint density at radius 3 is 2.65 bits per heavy atom. The summed E-state index contributed by atoms with van der Waals surface area (Å²) in [5.41, 5.74) is 2.32. The zero-order chi connectivity index (χ0) is 21.5. The lowest BCUT2D eigenvalue weighted by Crippen LogP contribution is -2.40. The van der Waals surface area contributed by atoms with Crippen LogP contribution in [0, 0.1) is 18.3 Å². The number of nitrogens with one attached hydrogen (secondary N) is 1. The van der Waals surface area contributed by atoms with Crippen LogP contribution in [0.4, 0.5) is 0 Å². The number of H-pyrrole nitrogens is 1. The molecule has 8 nitrogen and oxygen atoms in total. The van der Waals surface area contributed by atoms with Crippen molar-refractivity contribution >= 4 is 16.9 Å². The van der Waals surface area contributed by atoms with Crippen LogP contribution in [0.2, 0.25) is 0 Å². The summed E-state index contributed by atoms with van der Waals surface area (Å²) in [4.78, 5) is 35.5. The van der Waals surface area contributed by atoms with Gasteiger partial charge in [0.2, 0.25) is 0 Å². The number of benzene rings is 1. The van der Waals surface area contributed by atoms with Gasteiger partial charge in [0.25, 0.3) is 11.5 Å². The Bertz CT molecular complexity index is 1250. The smallest absolute Gasteiger partial charge is 0.262 e. The topological polar surface area (TPSA) is 108 Å². The largest absolute Gasteiger partial charge is 0.338 e. The summed E-state index contributed by atoms with van der Waals surface area (Å²) in [5.74, 6) is 0.543. The Morgan fingerprint density at radius 1 is 1.19 bits per heavy atom. The average Bonchev–Trinajstić information content (AvgIpc) is 3.08. The summed E-state index contributed by atoms with van der Waals surface area (Å²) in [5, 5.41) is 14.1. The number of piperidine rings is 1. The molecule has 1 atom stereocenters. The molecular formula is C23H24N6O2. The van der Waals surface area contributed by atoms with Crippen molar-refractivity contribution in [1.29, 1.82) is 5.26 Å². The number of nitrogens with zero attached hydrogens (tertiary/aromatic N) is 5. The van der Waals surface area contributed by atoms with Gasteiger partial charge in [0.05, 0.1) is 23.4 Å². The number of aryl methyl sites for hydroxylation is 1. The summed E-state index contributed by atoms with van der Waals surface area (Å²) in [6.45, 7) is 3.03. The summed E-state index contributed by atoms with van der Waals surface area (Å²) in [6.07, 6.45) is 5.01. The third kappa shape index (κ3) is 3.40. The molecule has 1 saturated heterocycles. The maximum Gasteiger partial charge on any atom is 0.262 e. The van der Waals surface area contributed by atoms with Crippen LogP contribution in [0.1, 0.15) is 71.5 Å². The zero-order valence-electron chi connectivity index (χ0n) is 17.5. The van der Waals surface area contributed by atoms with E-state index < -0.39 is 0 Å². The van der Waals surface area contributed by atoms with Gasteiger partial charge < -0.3 is 9.88 Å². The Morgan fingerprint density at radius 2 is 1.97 bits per heavy atom. The van der Waals surface area contributed by atoms with Gasteiger partial charge in [-0.1, -0.05) is 0 Å². The lowest BCUT2D eigenvalue weighted by molar-refractivity contribution is 0.0704. The highest BCUT2D eigenvalue weighted by Crippen LogP contribution is 2.34. The van der Waals surface area contributed by atoms with Crippen LogP contribution < -0.4 is 5.56 Å². The van der Waals surface area contributed by atoms with Crippen LogP contribution in [0.3, 0.4) is 0 Å². The van der Waals surface area contributed by atoms with Crippen molar-refractivity contribution in [3.05, 3.63) is 57.3 Å². The Labute approximate surface area is 179 Å². The third-order valence-electron chi connectivity index (χ3n) is 6.53. The second-order valence-corrected chi connectivity index (χ2v) is 8.54. The molecule has 3 aromatic rings. The monoisotopic (exact) mass is 416 g/mol. The minimum Gasteiger partial charge on any atom is -0.338 e. The molecule has 2 aromatic heterocycles. The molecule has 1 amide bonds. The van der Waals surface area contributed by atoms with Crippen molar-refractivity contribution < 1.29 is 4.79 Å². The molecule has 0 bridgehead atoms. The molecule has 2 fully saturated rings. The molecule has 1 aromatic carbocycles. The average molecular weight is 416 g/mol. The number of nitriles is 1. The van der Waals surface area contributed by atoms with Gasteiger partial charge in [0.1, 0.15) is 11.2 Å². The van der Waals surface area contributed by atoms with Crippen LogP contribution in [-0.4, -0.2) is 43.6 Å². The zero-order valence-corrected chi connectivity index (χ0v) is 17.5. The lowest BCUT2D eigenvalue weighted by Gasteiger charge is -2.32. The predicted molar refractivity (Wildman–Crippen MR) is 115 cm³/mol. The first-order valence-electron chi connectivity index (χ1n) is 10.8. The molecule has 1 saturated carbocycles. The van der Waals surface area contributed by atoms with E-state index >= 15 is 0 Å². The normalized spacial score (nSPS) is 19.2. The van der Waals surface area contributed by atoms with Crippen molar-refractivity contribution in [3.63, 3.8) is 0 Å². The summed E-state index contributed by atoms with van der Waals surface area (Å²) >= 11 is 0. The van der Waals surface area contributed by atoms with Gasteiger partial charge in [-0.15, -0.1) is 0 Å². The van der Waals surface area contributed by atoms with Crippen molar-refractivity contribution in [2.75, 3.05) is 13.1 Å². The van der Waals surface area contributed by atoms with Gasteiger partial charge in [-0.25, -0.2) is 9.67 Å². The Kier molecular flexibility index (Phi) is 4.81. The van der Waals surface area contributed by atoms with Crippen molar-refractivity contribution in [2.45, 2.75) is 51.0 Å². The number of likely N-dealkylation sites (tertiary alicyclic amines) is 1. The van der Waals surface area contributed by atoms with Gasteiger partial charge in [-0.2, -0.15) is 10.4 Å². The minimum absolute atomic E-state index is 0.0294. The maximum absolute atomic E-state index is 13.0. The number of carbonyl (C=O) groups excluding carboxylic acids is 1. The van der Waals surface area contributed by atoms with E-state index in [1.54, 1.807) is 24.3 Å². The van der Waals surface area contributed by atoms with Gasteiger partial charge in [0.15, 0.2) is 5.65 Å². The van der Waals surface area contributed by atoms with E-state index in [2.05, 4.69) is 16.2 Å². The fourth-order valence-corrected chi connectivity index (χ4v) is 4.56. The van der Waals surface area contributed by atoms with E-state index in [9.17, 15) is 9.59 Å². The fourth-order valence-electron chi connectivity index (χ4n) is 4.56. The number of carbonyl (C=O) groups is 1. The molecule has 1 aliphatic carbocycles. The van der Waals surface area contributed by atoms with Crippen LogP contribution in [0.5, 0.6) is 0 Å². The molecular weight excluding hydrogens is 392 g/mol. The predicted octanol–water partition coefficient (Wildman–Crippen LogP) is 3.04. The molecule has 1 aliphatic heterocycles. The lowest BCUT2D eigenvalue weighted by atomic mass is 9.93. The van der Waals surface area contributed by atoms with Crippen LogP contribution in [0.25, 0.3) is 11.0 Å². The van der Waals surface area contributed by atoms with E-state index in [4.69, 9.17) is 10.2 Å². The number of rotatable bonds is 3. The first-order valence-corrected chi connectivity index (χ1v) is 10.8. The molecule has 2 aliphatic rings. The van der Waals surface area contributed by atoms with Gasteiger partial charge in [-0.05, 0) is 63.3 Å².